The molecule has 42 heavy (non-hydrogen) atoms. The van der Waals surface area contributed by atoms with E-state index in [1.165, 1.54) is 97.9 Å². The highest BCUT2D eigenvalue weighted by Crippen LogP contribution is 2.52. The summed E-state index contributed by atoms with van der Waals surface area (Å²) in [5.41, 5.74) is 8.40. The van der Waals surface area contributed by atoms with Crippen LogP contribution in [0.3, 0.4) is 0 Å². The highest BCUT2D eigenvalue weighted by Gasteiger charge is 2.34. The number of hydrogen-bond donors (Lipinski definition) is 0. The number of pyridine rings is 1. The number of hydrogen-bond acceptors (Lipinski definition) is 1. The molecule has 1 saturated carbocycles. The summed E-state index contributed by atoms with van der Waals surface area (Å²) in [5.74, 6) is 3.27. The first kappa shape index (κ1) is 27.4. The maximum absolute atomic E-state index is 7.08. The van der Waals surface area contributed by atoms with Crippen molar-refractivity contribution in [3.63, 3.8) is 0 Å². The fourth-order valence-electron chi connectivity index (χ4n) is 7.92. The molecule has 4 aromatic carbocycles. The van der Waals surface area contributed by atoms with E-state index in [-0.39, 0.29) is 5.41 Å². The summed E-state index contributed by atoms with van der Waals surface area (Å²) in [4.78, 5) is 0. The van der Waals surface area contributed by atoms with E-state index in [1.54, 1.807) is 0 Å². The lowest BCUT2D eigenvalue weighted by molar-refractivity contribution is -0.659. The van der Waals surface area contributed by atoms with Gasteiger partial charge in [-0.2, -0.15) is 0 Å². The predicted octanol–water partition coefficient (Wildman–Crippen LogP) is 10.9. The van der Waals surface area contributed by atoms with Gasteiger partial charge >= 0.3 is 0 Å². The molecule has 1 aromatic heterocycles. The van der Waals surface area contributed by atoms with Crippen LogP contribution in [0.25, 0.3) is 43.6 Å². The molecule has 2 nitrogen and oxygen atoms in total. The molecule has 0 amide bonds. The molecule has 216 valence electrons. The van der Waals surface area contributed by atoms with Crippen LogP contribution in [-0.2, 0) is 19.9 Å². The quantitative estimate of drug-likeness (QED) is 0.155. The lowest BCUT2D eigenvalue weighted by atomic mass is 9.82. The van der Waals surface area contributed by atoms with Crippen LogP contribution >= 0.6 is 0 Å². The third-order valence-corrected chi connectivity index (χ3v) is 9.79. The van der Waals surface area contributed by atoms with E-state index in [4.69, 9.17) is 4.74 Å². The zero-order valence-corrected chi connectivity index (χ0v) is 26.7. The van der Waals surface area contributed by atoms with Gasteiger partial charge in [0.05, 0.1) is 10.9 Å². The third-order valence-electron chi connectivity index (χ3n) is 9.79. The van der Waals surface area contributed by atoms with E-state index in [2.05, 4.69) is 108 Å². The highest BCUT2D eigenvalue weighted by molar-refractivity contribution is 6.16. The second kappa shape index (κ2) is 10.1. The van der Waals surface area contributed by atoms with Crippen molar-refractivity contribution in [2.75, 3.05) is 0 Å². The van der Waals surface area contributed by atoms with Crippen LogP contribution in [0.5, 0.6) is 11.5 Å². The van der Waals surface area contributed by atoms with Crippen LogP contribution < -0.4 is 9.30 Å². The Balaban J connectivity index is 1.52. The van der Waals surface area contributed by atoms with E-state index in [0.29, 0.717) is 11.8 Å². The number of rotatable bonds is 4. The minimum atomic E-state index is 0.244. The lowest BCUT2D eigenvalue weighted by Crippen LogP contribution is -2.32. The number of aryl methyl sites for hydroxylation is 2. The van der Waals surface area contributed by atoms with Crippen LogP contribution in [0.4, 0.5) is 0 Å². The molecule has 0 radical (unpaired) electrons. The van der Waals surface area contributed by atoms with Gasteiger partial charge in [-0.3, -0.25) is 0 Å². The number of benzene rings is 4. The Bertz CT molecular complexity index is 1860. The highest BCUT2D eigenvalue weighted by atomic mass is 16.5. The van der Waals surface area contributed by atoms with Gasteiger partial charge in [0, 0.05) is 17.0 Å². The van der Waals surface area contributed by atoms with Gasteiger partial charge in [0.1, 0.15) is 18.5 Å². The smallest absolute Gasteiger partial charge is 0.228 e. The SMILES string of the molecule is Cc1c2c(c(CC(C)C)c3ccc(CC(C)(C)C)cc13)Oc1cc3ccc(C4CCCCC4)cc3c3cc[n+](C)c-2c13. The van der Waals surface area contributed by atoms with Crippen molar-refractivity contribution in [2.45, 2.75) is 92.4 Å². The molecule has 0 atom stereocenters. The van der Waals surface area contributed by atoms with Crippen LogP contribution in [-0.4, -0.2) is 0 Å². The van der Waals surface area contributed by atoms with Gasteiger partial charge in [0.15, 0.2) is 6.20 Å². The molecular formula is C40H46NO+. The van der Waals surface area contributed by atoms with E-state index in [0.717, 1.165) is 24.3 Å². The number of ether oxygens (including phenoxy) is 1. The van der Waals surface area contributed by atoms with Crippen molar-refractivity contribution in [3.8, 4) is 22.8 Å². The Hall–Kier alpha value is -3.39. The number of nitrogens with zero attached hydrogens (tertiary/aromatic N) is 1. The minimum absolute atomic E-state index is 0.244. The molecule has 7 rings (SSSR count). The first-order valence-corrected chi connectivity index (χ1v) is 16.2. The standard InChI is InChI=1S/C40H46NO/c1-24(2)19-34-30-16-13-26(23-40(4,5)6)20-32(30)25(3)36-38-37-31(17-18-41(38)7)33-21-28(27-11-9-8-10-12-27)14-15-29(33)22-35(37)42-39(34)36/h13-18,20-22,24,27H,8-12,19,23H2,1-7H3/q+1. The maximum Gasteiger partial charge on any atom is 0.228 e. The van der Waals surface area contributed by atoms with E-state index in [9.17, 15) is 0 Å². The normalized spacial score (nSPS) is 15.5. The van der Waals surface area contributed by atoms with Crippen molar-refractivity contribution < 1.29 is 9.30 Å². The van der Waals surface area contributed by atoms with Crippen molar-refractivity contribution >= 4 is 32.3 Å². The summed E-state index contributed by atoms with van der Waals surface area (Å²) >= 11 is 0. The summed E-state index contributed by atoms with van der Waals surface area (Å²) in [6, 6.07) is 19.0. The first-order valence-electron chi connectivity index (χ1n) is 16.2. The van der Waals surface area contributed by atoms with Gasteiger partial charge in [-0.1, -0.05) is 90.3 Å². The molecule has 2 aliphatic rings. The molecule has 0 bridgehead atoms. The van der Waals surface area contributed by atoms with Crippen molar-refractivity contribution in [1.29, 1.82) is 0 Å². The molecule has 0 unspecified atom stereocenters. The summed E-state index contributed by atoms with van der Waals surface area (Å²) in [5, 5.41) is 7.91. The zero-order chi connectivity index (χ0) is 29.3. The molecule has 5 aromatic rings. The van der Waals surface area contributed by atoms with E-state index < -0.39 is 0 Å². The number of fused-ring (bicyclic) bond motifs is 5. The lowest BCUT2D eigenvalue weighted by Gasteiger charge is -2.27. The summed E-state index contributed by atoms with van der Waals surface area (Å²) in [6.07, 6.45) is 11.1. The molecule has 0 saturated heterocycles. The first-order chi connectivity index (χ1) is 20.1. The average Bonchev–Trinajstić information content (AvgIpc) is 2.95. The Morgan fingerprint density at radius 1 is 0.881 bits per heavy atom. The Morgan fingerprint density at radius 3 is 2.40 bits per heavy atom. The number of aromatic nitrogens is 1. The fourth-order valence-corrected chi connectivity index (χ4v) is 7.92. The third kappa shape index (κ3) is 4.59. The largest absolute Gasteiger partial charge is 0.455 e. The van der Waals surface area contributed by atoms with Gasteiger partial charge in [-0.25, -0.2) is 4.57 Å². The van der Waals surface area contributed by atoms with Gasteiger partial charge in [-0.05, 0) is 94.2 Å². The van der Waals surface area contributed by atoms with Crippen molar-refractivity contribution in [3.05, 3.63) is 77.0 Å². The van der Waals surface area contributed by atoms with Crippen LogP contribution in [0.1, 0.15) is 94.9 Å². The minimum Gasteiger partial charge on any atom is -0.455 e. The summed E-state index contributed by atoms with van der Waals surface area (Å²) < 4.78 is 9.41. The average molecular weight is 557 g/mol. The van der Waals surface area contributed by atoms with Gasteiger partial charge in [0.2, 0.25) is 5.69 Å². The zero-order valence-electron chi connectivity index (χ0n) is 26.7. The Kier molecular flexibility index (Phi) is 6.61. The molecule has 1 aliphatic carbocycles. The second-order valence-corrected chi connectivity index (χ2v) is 14.9. The van der Waals surface area contributed by atoms with Crippen LogP contribution in [0, 0.1) is 18.3 Å². The second-order valence-electron chi connectivity index (χ2n) is 14.9. The molecule has 1 fully saturated rings. The van der Waals surface area contributed by atoms with E-state index >= 15 is 0 Å². The maximum atomic E-state index is 7.08. The van der Waals surface area contributed by atoms with Gasteiger partial charge in [0.25, 0.3) is 0 Å². The van der Waals surface area contributed by atoms with Gasteiger partial charge < -0.3 is 4.74 Å². The molecule has 1 aliphatic heterocycles. The fraction of sp³-hybridized carbons (Fsp3) is 0.425. The van der Waals surface area contributed by atoms with Crippen molar-refractivity contribution in [1.82, 2.24) is 0 Å². The predicted molar refractivity (Wildman–Crippen MR) is 178 cm³/mol. The van der Waals surface area contributed by atoms with E-state index in [1.807, 2.05) is 0 Å². The molecular weight excluding hydrogens is 510 g/mol. The van der Waals surface area contributed by atoms with Crippen LogP contribution in [0.15, 0.2) is 54.7 Å². The molecule has 0 spiro atoms. The monoisotopic (exact) mass is 556 g/mol. The van der Waals surface area contributed by atoms with Gasteiger partial charge in [-0.15, -0.1) is 0 Å². The molecule has 2 heteroatoms. The summed E-state index contributed by atoms with van der Waals surface area (Å²) in [7, 11) is 2.21. The molecule has 0 N–H and O–H groups in total. The van der Waals surface area contributed by atoms with Crippen molar-refractivity contribution in [2.24, 2.45) is 18.4 Å². The Morgan fingerprint density at radius 2 is 1.67 bits per heavy atom. The molecule has 2 heterocycles. The Labute approximate surface area is 251 Å². The van der Waals surface area contributed by atoms with Crippen LogP contribution in [0.2, 0.25) is 0 Å². The summed E-state index contributed by atoms with van der Waals surface area (Å²) in [6.45, 7) is 13.9. The topological polar surface area (TPSA) is 13.1 Å².